The van der Waals surface area contributed by atoms with Crippen LogP contribution in [0, 0.1) is 11.3 Å². The lowest BCUT2D eigenvalue weighted by atomic mass is 9.76. The van der Waals surface area contributed by atoms with Crippen LogP contribution < -0.4 is 15.5 Å². The Bertz CT molecular complexity index is 2280. The van der Waals surface area contributed by atoms with E-state index in [2.05, 4.69) is 73.6 Å². The summed E-state index contributed by atoms with van der Waals surface area (Å²) in [6.45, 7) is 12.3. The fraction of sp³-hybridized carbons (Fsp3) is 0.489. The molecule has 0 saturated carbocycles. The molecule has 5 amide bonds. The third kappa shape index (κ3) is 8.12. The molecule has 2 atom stereocenters. The number of aromatic nitrogens is 4. The fourth-order valence-corrected chi connectivity index (χ4v) is 9.82. The van der Waals surface area contributed by atoms with Crippen molar-refractivity contribution in [3.8, 4) is 0 Å². The highest BCUT2D eigenvalue weighted by Gasteiger charge is 2.45. The number of nitrogens with zero attached hydrogens (tertiary/aromatic N) is 7. The fourth-order valence-electron chi connectivity index (χ4n) is 9.82. The molecule has 15 nitrogen and oxygen atoms in total. The van der Waals surface area contributed by atoms with Crippen molar-refractivity contribution in [1.82, 2.24) is 40.0 Å². The molecule has 9 rings (SSSR count). The maximum Gasteiger partial charge on any atom is 0.276 e. The molecule has 4 aliphatic heterocycles. The predicted molar refractivity (Wildman–Crippen MR) is 225 cm³/mol. The Hall–Kier alpha value is -5.67. The summed E-state index contributed by atoms with van der Waals surface area (Å²) in [7, 11) is 0. The second-order valence-corrected chi connectivity index (χ2v) is 18.0. The number of piperidine rings is 2. The zero-order valence-electron chi connectivity index (χ0n) is 34.5. The molecule has 314 valence electrons. The van der Waals surface area contributed by atoms with Crippen LogP contribution in [-0.2, 0) is 22.4 Å². The standard InChI is InChI=1S/C45H54N10O5/c1-45(2)16-12-34-36(25-45)49-50-40(34)42(58)47-31-26-46-54(28-31)37(30-6-4-3-5-7-30)15-17-51-20-22-52(23-21-51)27-29-13-18-53(19-14-29)32-8-9-33-35(24-32)44(60)55(43(33)59)38-10-11-39(56)48-41(38)57/h3-9,24,26,28-29,37-38H,10-23,25,27H2,1-2H3,(H,47,58)(H,49,50)(H,48,56,57). The highest BCUT2D eigenvalue weighted by Crippen LogP contribution is 2.36. The van der Waals surface area contributed by atoms with Gasteiger partial charge >= 0.3 is 0 Å². The number of H-pyrrole nitrogens is 1. The van der Waals surface area contributed by atoms with Crippen molar-refractivity contribution in [1.29, 1.82) is 0 Å². The first kappa shape index (κ1) is 39.8. The van der Waals surface area contributed by atoms with Crippen LogP contribution in [0.5, 0.6) is 0 Å². The van der Waals surface area contributed by atoms with Crippen LogP contribution in [0.2, 0.25) is 0 Å². The van der Waals surface area contributed by atoms with Gasteiger partial charge in [0.15, 0.2) is 5.69 Å². The van der Waals surface area contributed by atoms with Crippen LogP contribution in [0.15, 0.2) is 60.9 Å². The van der Waals surface area contributed by atoms with Gasteiger partial charge in [-0.2, -0.15) is 10.2 Å². The van der Waals surface area contributed by atoms with Gasteiger partial charge in [0.05, 0.1) is 29.1 Å². The average molecular weight is 815 g/mol. The van der Waals surface area contributed by atoms with E-state index < -0.39 is 23.8 Å². The molecule has 60 heavy (non-hydrogen) atoms. The van der Waals surface area contributed by atoms with E-state index in [1.165, 1.54) is 5.56 Å². The van der Waals surface area contributed by atoms with Gasteiger partial charge in [0.1, 0.15) is 6.04 Å². The van der Waals surface area contributed by atoms with Crippen LogP contribution in [0.4, 0.5) is 11.4 Å². The van der Waals surface area contributed by atoms with Gasteiger partial charge in [-0.3, -0.25) is 44.0 Å². The zero-order valence-corrected chi connectivity index (χ0v) is 34.5. The molecule has 2 aromatic heterocycles. The SMILES string of the molecule is CC1(C)CCc2c(C(=O)Nc3cnn(C(CCN4CCN(CC5CCN(c6ccc7c(c6)C(=O)N(C6CCC(=O)NC6=O)C7=O)CC5)CC4)c4ccccc4)c3)n[nH]c2C1. The van der Waals surface area contributed by atoms with Crippen molar-refractivity contribution in [2.45, 2.75) is 77.3 Å². The number of nitrogens with one attached hydrogen (secondary N) is 3. The molecule has 0 bridgehead atoms. The molecule has 15 heteroatoms. The predicted octanol–water partition coefficient (Wildman–Crippen LogP) is 4.29. The molecule has 1 aliphatic carbocycles. The number of aromatic amines is 1. The highest BCUT2D eigenvalue weighted by atomic mass is 16.2. The average Bonchev–Trinajstić information content (AvgIpc) is 3.95. The Labute approximate surface area is 349 Å². The summed E-state index contributed by atoms with van der Waals surface area (Å²) in [6, 6.07) is 14.9. The molecular formula is C45H54N10O5. The van der Waals surface area contributed by atoms with Gasteiger partial charge < -0.3 is 20.0 Å². The lowest BCUT2D eigenvalue weighted by Crippen LogP contribution is -2.54. The molecule has 3 saturated heterocycles. The molecule has 2 aromatic carbocycles. The van der Waals surface area contributed by atoms with Crippen LogP contribution in [0.1, 0.15) is 106 Å². The number of anilines is 2. The minimum absolute atomic E-state index is 0.0222. The van der Waals surface area contributed by atoms with E-state index >= 15 is 0 Å². The molecule has 3 N–H and O–H groups in total. The number of carbonyl (C=O) groups excluding carboxylic acids is 5. The normalized spacial score (nSPS) is 21.8. The minimum atomic E-state index is -0.965. The number of amides is 5. The van der Waals surface area contributed by atoms with Crippen LogP contribution in [0.25, 0.3) is 0 Å². The monoisotopic (exact) mass is 814 g/mol. The topological polar surface area (TPSA) is 169 Å². The first-order valence-electron chi connectivity index (χ1n) is 21.5. The number of piperazine rings is 1. The second-order valence-electron chi connectivity index (χ2n) is 18.0. The molecule has 2 unspecified atom stereocenters. The Morgan fingerprint density at radius 2 is 1.65 bits per heavy atom. The summed E-state index contributed by atoms with van der Waals surface area (Å²) >= 11 is 0. The van der Waals surface area contributed by atoms with Gasteiger partial charge in [-0.05, 0) is 80.0 Å². The third-order valence-corrected chi connectivity index (χ3v) is 13.3. The number of hydrogen-bond donors (Lipinski definition) is 3. The lowest BCUT2D eigenvalue weighted by Gasteiger charge is -2.39. The summed E-state index contributed by atoms with van der Waals surface area (Å²) < 4.78 is 1.98. The van der Waals surface area contributed by atoms with Crippen molar-refractivity contribution in [2.24, 2.45) is 11.3 Å². The van der Waals surface area contributed by atoms with Gasteiger partial charge in [0, 0.05) is 81.9 Å². The largest absolute Gasteiger partial charge is 0.371 e. The first-order chi connectivity index (χ1) is 29.0. The van der Waals surface area contributed by atoms with Crippen molar-refractivity contribution in [2.75, 3.05) is 62.6 Å². The summed E-state index contributed by atoms with van der Waals surface area (Å²) in [4.78, 5) is 72.5. The number of hydrogen-bond acceptors (Lipinski definition) is 10. The van der Waals surface area contributed by atoms with Crippen molar-refractivity contribution in [3.05, 3.63) is 94.6 Å². The Morgan fingerprint density at radius 3 is 2.42 bits per heavy atom. The lowest BCUT2D eigenvalue weighted by molar-refractivity contribution is -0.136. The van der Waals surface area contributed by atoms with Gasteiger partial charge in [-0.15, -0.1) is 0 Å². The molecular weight excluding hydrogens is 761 g/mol. The molecule has 4 aromatic rings. The van der Waals surface area contributed by atoms with Crippen molar-refractivity contribution < 1.29 is 24.0 Å². The molecule has 5 aliphatic rings. The summed E-state index contributed by atoms with van der Waals surface area (Å²) in [5, 5.41) is 17.6. The van der Waals surface area contributed by atoms with Crippen LogP contribution >= 0.6 is 0 Å². The smallest absolute Gasteiger partial charge is 0.276 e. The molecule has 3 fully saturated rings. The van der Waals surface area contributed by atoms with E-state index in [0.29, 0.717) is 28.4 Å². The first-order valence-corrected chi connectivity index (χ1v) is 21.5. The Balaban J connectivity index is 0.749. The highest BCUT2D eigenvalue weighted by molar-refractivity contribution is 6.23. The number of benzene rings is 2. The quantitative estimate of drug-likeness (QED) is 0.186. The second kappa shape index (κ2) is 16.4. The van der Waals surface area contributed by atoms with Crippen LogP contribution in [-0.4, -0.2) is 123 Å². The molecule has 6 heterocycles. The molecule has 0 spiro atoms. The minimum Gasteiger partial charge on any atom is -0.371 e. The van der Waals surface area contributed by atoms with E-state index in [9.17, 15) is 24.0 Å². The zero-order chi connectivity index (χ0) is 41.5. The van der Waals surface area contributed by atoms with Gasteiger partial charge in [0.2, 0.25) is 11.8 Å². The number of imide groups is 2. The van der Waals surface area contributed by atoms with E-state index in [1.54, 1.807) is 18.3 Å². The van der Waals surface area contributed by atoms with Gasteiger partial charge in [0.25, 0.3) is 17.7 Å². The number of rotatable bonds is 11. The van der Waals surface area contributed by atoms with Gasteiger partial charge in [-0.1, -0.05) is 44.2 Å². The Morgan fingerprint density at radius 1 is 0.900 bits per heavy atom. The molecule has 0 radical (unpaired) electrons. The summed E-state index contributed by atoms with van der Waals surface area (Å²) in [5.74, 6) is -1.56. The summed E-state index contributed by atoms with van der Waals surface area (Å²) in [6.07, 6.45) is 9.63. The summed E-state index contributed by atoms with van der Waals surface area (Å²) in [5.41, 5.74) is 6.16. The van der Waals surface area contributed by atoms with E-state index in [4.69, 9.17) is 5.10 Å². The van der Waals surface area contributed by atoms with Crippen molar-refractivity contribution in [3.63, 3.8) is 0 Å². The van der Waals surface area contributed by atoms with Crippen LogP contribution in [0.3, 0.4) is 0 Å². The third-order valence-electron chi connectivity index (χ3n) is 13.3. The van der Waals surface area contributed by atoms with E-state index in [-0.39, 0.29) is 36.1 Å². The van der Waals surface area contributed by atoms with E-state index in [0.717, 1.165) is 113 Å². The Kier molecular flexibility index (Phi) is 10.9. The number of fused-ring (bicyclic) bond motifs is 2. The van der Waals surface area contributed by atoms with Crippen molar-refractivity contribution >= 4 is 40.9 Å². The maximum absolute atomic E-state index is 13.4. The maximum atomic E-state index is 13.4. The van der Waals surface area contributed by atoms with Gasteiger partial charge in [-0.25, -0.2) is 0 Å². The van der Waals surface area contributed by atoms with E-state index in [1.807, 2.05) is 23.0 Å². The number of carbonyl (C=O) groups is 5.